The van der Waals surface area contributed by atoms with E-state index in [-0.39, 0.29) is 11.9 Å². The van der Waals surface area contributed by atoms with Crippen molar-refractivity contribution in [2.75, 3.05) is 5.33 Å². The number of hydrogen-bond donors (Lipinski definition) is 1. The highest BCUT2D eigenvalue weighted by Gasteiger charge is 2.10. The van der Waals surface area contributed by atoms with Gasteiger partial charge in [0.2, 0.25) is 5.91 Å². The lowest BCUT2D eigenvalue weighted by molar-refractivity contribution is -0.121. The third kappa shape index (κ3) is 3.95. The molecule has 0 aliphatic carbocycles. The molecule has 2 nitrogen and oxygen atoms in total. The highest BCUT2D eigenvalue weighted by Crippen LogP contribution is 2.22. The van der Waals surface area contributed by atoms with Crippen LogP contribution in [0.25, 0.3) is 0 Å². The predicted octanol–water partition coefficient (Wildman–Crippen LogP) is 3.41. The minimum absolute atomic E-state index is 0.0344. The third-order valence-electron chi connectivity index (χ3n) is 2.07. The highest BCUT2D eigenvalue weighted by molar-refractivity contribution is 9.10. The van der Waals surface area contributed by atoms with Crippen LogP contribution in [0, 0.1) is 0 Å². The van der Waals surface area contributed by atoms with Gasteiger partial charge in [0, 0.05) is 16.2 Å². The summed E-state index contributed by atoms with van der Waals surface area (Å²) < 4.78 is 1.02. The molecule has 0 bridgehead atoms. The summed E-state index contributed by atoms with van der Waals surface area (Å²) in [6, 6.07) is 7.94. The topological polar surface area (TPSA) is 29.1 Å². The number of amides is 1. The standard InChI is InChI=1S/C11H13Br2NO/c1-8(14-11(15)6-7-12)9-4-2-3-5-10(9)13/h2-5,8H,6-7H2,1H3,(H,14,15)/t8-/m1/s1. The van der Waals surface area contributed by atoms with Gasteiger partial charge in [-0.3, -0.25) is 4.79 Å². The van der Waals surface area contributed by atoms with E-state index >= 15 is 0 Å². The predicted molar refractivity (Wildman–Crippen MR) is 69.1 cm³/mol. The fourth-order valence-electron chi connectivity index (χ4n) is 1.30. The summed E-state index contributed by atoms with van der Waals surface area (Å²) in [5.41, 5.74) is 1.10. The Morgan fingerprint density at radius 1 is 1.47 bits per heavy atom. The van der Waals surface area contributed by atoms with E-state index in [2.05, 4.69) is 37.2 Å². The van der Waals surface area contributed by atoms with Gasteiger partial charge in [0.25, 0.3) is 0 Å². The molecular formula is C11H13Br2NO. The monoisotopic (exact) mass is 333 g/mol. The Balaban J connectivity index is 2.65. The summed E-state index contributed by atoms with van der Waals surface area (Å²) in [6.07, 6.45) is 0.509. The minimum Gasteiger partial charge on any atom is -0.350 e. The summed E-state index contributed by atoms with van der Waals surface area (Å²) in [7, 11) is 0. The lowest BCUT2D eigenvalue weighted by Crippen LogP contribution is -2.26. The molecule has 0 aromatic heterocycles. The average molecular weight is 335 g/mol. The molecule has 0 heterocycles. The second kappa shape index (κ2) is 6.28. The molecule has 1 aromatic rings. The first-order valence-electron chi connectivity index (χ1n) is 4.75. The third-order valence-corrected chi connectivity index (χ3v) is 3.19. The molecule has 4 heteroatoms. The smallest absolute Gasteiger partial charge is 0.221 e. The van der Waals surface area contributed by atoms with E-state index < -0.39 is 0 Å². The van der Waals surface area contributed by atoms with Crippen molar-refractivity contribution in [2.45, 2.75) is 19.4 Å². The molecule has 82 valence electrons. The Kier molecular flexibility index (Phi) is 5.32. The molecule has 1 N–H and O–H groups in total. The molecule has 15 heavy (non-hydrogen) atoms. The maximum atomic E-state index is 11.4. The van der Waals surface area contributed by atoms with Crippen LogP contribution >= 0.6 is 31.9 Å². The lowest BCUT2D eigenvalue weighted by Gasteiger charge is -2.15. The lowest BCUT2D eigenvalue weighted by atomic mass is 10.1. The number of alkyl halides is 1. The maximum Gasteiger partial charge on any atom is 0.221 e. The van der Waals surface area contributed by atoms with Crippen LogP contribution < -0.4 is 5.32 Å². The molecular weight excluding hydrogens is 322 g/mol. The Labute approximate surface area is 107 Å². The van der Waals surface area contributed by atoms with Crippen molar-refractivity contribution < 1.29 is 4.79 Å². The van der Waals surface area contributed by atoms with E-state index in [0.29, 0.717) is 11.8 Å². The van der Waals surface area contributed by atoms with Crippen LogP contribution in [0.5, 0.6) is 0 Å². The molecule has 0 unspecified atom stereocenters. The molecule has 0 spiro atoms. The van der Waals surface area contributed by atoms with Gasteiger partial charge in [0.15, 0.2) is 0 Å². The molecule has 0 aliphatic rings. The van der Waals surface area contributed by atoms with Gasteiger partial charge in [-0.05, 0) is 18.6 Å². The average Bonchev–Trinajstić information content (AvgIpc) is 2.18. The van der Waals surface area contributed by atoms with Gasteiger partial charge in [-0.15, -0.1) is 0 Å². The molecule has 0 saturated heterocycles. The zero-order chi connectivity index (χ0) is 11.3. The fraction of sp³-hybridized carbons (Fsp3) is 0.364. The number of carbonyl (C=O) groups excluding carboxylic acids is 1. The van der Waals surface area contributed by atoms with Crippen LogP contribution in [-0.4, -0.2) is 11.2 Å². The molecule has 0 saturated carbocycles. The Morgan fingerprint density at radius 3 is 2.73 bits per heavy atom. The molecule has 0 radical (unpaired) electrons. The molecule has 1 amide bonds. The van der Waals surface area contributed by atoms with Crippen molar-refractivity contribution in [2.24, 2.45) is 0 Å². The summed E-state index contributed by atoms with van der Waals surface area (Å²) in [5, 5.41) is 3.63. The van der Waals surface area contributed by atoms with Crippen molar-refractivity contribution in [1.82, 2.24) is 5.32 Å². The van der Waals surface area contributed by atoms with Gasteiger partial charge in [0.05, 0.1) is 6.04 Å². The maximum absolute atomic E-state index is 11.4. The summed E-state index contributed by atoms with van der Waals surface area (Å²) in [5.74, 6) is 0.0649. The van der Waals surface area contributed by atoms with E-state index in [1.54, 1.807) is 0 Å². The van der Waals surface area contributed by atoms with Crippen LogP contribution in [0.4, 0.5) is 0 Å². The van der Waals surface area contributed by atoms with Crippen molar-refractivity contribution >= 4 is 37.8 Å². The van der Waals surface area contributed by atoms with Gasteiger partial charge < -0.3 is 5.32 Å². The Hall–Kier alpha value is -0.350. The normalized spacial score (nSPS) is 12.2. The number of benzene rings is 1. The van der Waals surface area contributed by atoms with Crippen molar-refractivity contribution in [3.8, 4) is 0 Å². The Morgan fingerprint density at radius 2 is 2.13 bits per heavy atom. The number of carbonyl (C=O) groups is 1. The van der Waals surface area contributed by atoms with Crippen molar-refractivity contribution in [1.29, 1.82) is 0 Å². The van der Waals surface area contributed by atoms with Gasteiger partial charge in [-0.25, -0.2) is 0 Å². The van der Waals surface area contributed by atoms with E-state index in [9.17, 15) is 4.79 Å². The van der Waals surface area contributed by atoms with E-state index in [1.807, 2.05) is 31.2 Å². The SMILES string of the molecule is C[C@@H](NC(=O)CCBr)c1ccccc1Br. The van der Waals surface area contributed by atoms with Crippen LogP contribution in [0.2, 0.25) is 0 Å². The summed E-state index contributed by atoms with van der Waals surface area (Å²) in [4.78, 5) is 11.4. The van der Waals surface area contributed by atoms with E-state index in [1.165, 1.54) is 0 Å². The van der Waals surface area contributed by atoms with Crippen LogP contribution in [0.3, 0.4) is 0 Å². The fourth-order valence-corrected chi connectivity index (χ4v) is 2.29. The van der Waals surface area contributed by atoms with E-state index in [4.69, 9.17) is 0 Å². The van der Waals surface area contributed by atoms with Gasteiger partial charge in [-0.1, -0.05) is 50.1 Å². The first kappa shape index (κ1) is 12.7. The number of hydrogen-bond acceptors (Lipinski definition) is 1. The van der Waals surface area contributed by atoms with E-state index in [0.717, 1.165) is 10.0 Å². The molecule has 1 aromatic carbocycles. The second-order valence-electron chi connectivity index (χ2n) is 3.25. The van der Waals surface area contributed by atoms with Gasteiger partial charge in [-0.2, -0.15) is 0 Å². The molecule has 0 fully saturated rings. The zero-order valence-electron chi connectivity index (χ0n) is 8.47. The largest absolute Gasteiger partial charge is 0.350 e. The van der Waals surface area contributed by atoms with Crippen LogP contribution in [-0.2, 0) is 4.79 Å². The highest BCUT2D eigenvalue weighted by atomic mass is 79.9. The Bertz CT molecular complexity index is 341. The second-order valence-corrected chi connectivity index (χ2v) is 4.90. The van der Waals surface area contributed by atoms with Crippen molar-refractivity contribution in [3.63, 3.8) is 0 Å². The van der Waals surface area contributed by atoms with Gasteiger partial charge in [0.1, 0.15) is 0 Å². The minimum atomic E-state index is 0.0344. The first-order chi connectivity index (χ1) is 7.15. The molecule has 1 rings (SSSR count). The first-order valence-corrected chi connectivity index (χ1v) is 6.66. The molecule has 0 aliphatic heterocycles. The van der Waals surface area contributed by atoms with Crippen LogP contribution in [0.1, 0.15) is 24.9 Å². The number of rotatable bonds is 4. The van der Waals surface area contributed by atoms with Gasteiger partial charge >= 0.3 is 0 Å². The van der Waals surface area contributed by atoms with Crippen LogP contribution in [0.15, 0.2) is 28.7 Å². The summed E-state index contributed by atoms with van der Waals surface area (Å²) >= 11 is 6.71. The van der Waals surface area contributed by atoms with Crippen molar-refractivity contribution in [3.05, 3.63) is 34.3 Å². The summed E-state index contributed by atoms with van der Waals surface area (Å²) in [6.45, 7) is 1.98. The zero-order valence-corrected chi connectivity index (χ0v) is 11.6. The number of halogens is 2. The quantitative estimate of drug-likeness (QED) is 0.840. The number of nitrogens with one attached hydrogen (secondary N) is 1. The molecule has 1 atom stereocenters.